The number of hydrogen-bond donors (Lipinski definition) is 2. The average molecular weight is 447 g/mol. The zero-order valence-corrected chi connectivity index (χ0v) is 19.4. The van der Waals surface area contributed by atoms with Gasteiger partial charge in [-0.1, -0.05) is 13.0 Å². The Morgan fingerprint density at radius 3 is 2.17 bits per heavy atom. The Morgan fingerprint density at radius 2 is 1.72 bits per heavy atom. The SMILES string of the molecule is Cc1cc(N(CCCl)CCCl)ccc1C(C)(CNC(=O)OC(C)(C)C)CC(=O)O. The van der Waals surface area contributed by atoms with E-state index in [0.29, 0.717) is 24.8 Å². The number of alkyl halides is 2. The third-order valence-corrected chi connectivity index (χ3v) is 4.84. The fourth-order valence-electron chi connectivity index (χ4n) is 3.26. The van der Waals surface area contributed by atoms with Crippen molar-refractivity contribution in [3.05, 3.63) is 29.3 Å². The maximum atomic E-state index is 12.1. The molecule has 0 aliphatic heterocycles. The standard InChI is InChI=1S/C21H32Cl2N2O4/c1-15-12-16(25(10-8-22)11-9-23)6-7-17(15)21(5,13-18(26)27)14-24-19(28)29-20(2,3)4/h6-7,12H,8-11,13-14H2,1-5H3,(H,24,28)(H,26,27). The molecule has 0 saturated heterocycles. The molecule has 0 bridgehead atoms. The van der Waals surface area contributed by atoms with Gasteiger partial charge < -0.3 is 20.1 Å². The van der Waals surface area contributed by atoms with Crippen LogP contribution in [0.5, 0.6) is 0 Å². The molecular formula is C21H32Cl2N2O4. The van der Waals surface area contributed by atoms with E-state index in [-0.39, 0.29) is 13.0 Å². The molecule has 1 rings (SSSR count). The number of rotatable bonds is 10. The van der Waals surface area contributed by atoms with Crippen LogP contribution in [-0.2, 0) is 14.9 Å². The molecule has 0 fully saturated rings. The number of amides is 1. The summed E-state index contributed by atoms with van der Waals surface area (Å²) in [6.07, 6.45) is -0.699. The van der Waals surface area contributed by atoms with Gasteiger partial charge in [0.2, 0.25) is 0 Å². The van der Waals surface area contributed by atoms with Crippen LogP contribution in [0.15, 0.2) is 18.2 Å². The van der Waals surface area contributed by atoms with Gasteiger partial charge in [0, 0.05) is 42.5 Å². The van der Waals surface area contributed by atoms with Crippen molar-refractivity contribution in [3.8, 4) is 0 Å². The normalized spacial score (nSPS) is 13.5. The Morgan fingerprint density at radius 1 is 1.14 bits per heavy atom. The lowest BCUT2D eigenvalue weighted by atomic mass is 9.77. The highest BCUT2D eigenvalue weighted by Gasteiger charge is 2.32. The predicted octanol–water partition coefficient (Wildman–Crippen LogP) is 4.54. The molecule has 0 radical (unpaired) electrons. The lowest BCUT2D eigenvalue weighted by Crippen LogP contribution is -2.42. The number of carbonyl (C=O) groups excluding carboxylic acids is 1. The average Bonchev–Trinajstić information content (AvgIpc) is 2.57. The number of aryl methyl sites for hydroxylation is 1. The van der Waals surface area contributed by atoms with Gasteiger partial charge >= 0.3 is 12.1 Å². The quantitative estimate of drug-likeness (QED) is 0.515. The summed E-state index contributed by atoms with van der Waals surface area (Å²) in [5, 5.41) is 12.2. The summed E-state index contributed by atoms with van der Waals surface area (Å²) >= 11 is 11.8. The van der Waals surface area contributed by atoms with Crippen molar-refractivity contribution >= 4 is 41.0 Å². The summed E-state index contributed by atoms with van der Waals surface area (Å²) in [6, 6.07) is 5.86. The highest BCUT2D eigenvalue weighted by Crippen LogP contribution is 2.32. The first-order valence-corrected chi connectivity index (χ1v) is 10.7. The van der Waals surface area contributed by atoms with E-state index >= 15 is 0 Å². The minimum atomic E-state index is -0.937. The lowest BCUT2D eigenvalue weighted by molar-refractivity contribution is -0.138. The second-order valence-electron chi connectivity index (χ2n) is 8.35. The number of hydrogen-bond acceptors (Lipinski definition) is 4. The van der Waals surface area contributed by atoms with E-state index in [1.54, 1.807) is 20.8 Å². The monoisotopic (exact) mass is 446 g/mol. The van der Waals surface area contributed by atoms with Gasteiger partial charge in [0.1, 0.15) is 5.60 Å². The van der Waals surface area contributed by atoms with E-state index in [4.69, 9.17) is 27.9 Å². The molecule has 1 aromatic rings. The number of carbonyl (C=O) groups is 2. The van der Waals surface area contributed by atoms with Gasteiger partial charge in [-0.25, -0.2) is 4.79 Å². The Labute approximate surface area is 183 Å². The van der Waals surface area contributed by atoms with Crippen LogP contribution < -0.4 is 10.2 Å². The van der Waals surface area contributed by atoms with Gasteiger partial charge in [0.25, 0.3) is 0 Å². The Kier molecular flexibility index (Phi) is 9.56. The number of ether oxygens (including phenoxy) is 1. The van der Waals surface area contributed by atoms with Crippen LogP contribution in [-0.4, -0.2) is 54.2 Å². The van der Waals surface area contributed by atoms with Crippen LogP contribution in [0.3, 0.4) is 0 Å². The van der Waals surface area contributed by atoms with Crippen LogP contribution >= 0.6 is 23.2 Å². The van der Waals surface area contributed by atoms with Crippen molar-refractivity contribution in [2.75, 3.05) is 36.3 Å². The molecule has 0 heterocycles. The number of aliphatic carboxylic acids is 1. The van der Waals surface area contributed by atoms with Gasteiger partial charge in [-0.15, -0.1) is 23.2 Å². The molecule has 29 heavy (non-hydrogen) atoms. The third kappa shape index (κ3) is 8.31. The fraction of sp³-hybridized carbons (Fsp3) is 0.619. The van der Waals surface area contributed by atoms with E-state index in [2.05, 4.69) is 10.2 Å². The molecule has 6 nitrogen and oxygen atoms in total. The molecule has 0 saturated carbocycles. The molecule has 1 unspecified atom stereocenters. The second kappa shape index (κ2) is 10.9. The molecule has 0 aliphatic rings. The number of halogens is 2. The van der Waals surface area contributed by atoms with E-state index in [0.717, 1.165) is 16.8 Å². The molecule has 0 spiro atoms. The smallest absolute Gasteiger partial charge is 0.407 e. The number of carboxylic acid groups (broad SMARTS) is 1. The first-order valence-electron chi connectivity index (χ1n) is 9.58. The maximum Gasteiger partial charge on any atom is 0.407 e. The Balaban J connectivity index is 3.13. The van der Waals surface area contributed by atoms with Crippen molar-refractivity contribution in [2.24, 2.45) is 0 Å². The minimum Gasteiger partial charge on any atom is -0.481 e. The number of nitrogens with zero attached hydrogens (tertiary/aromatic N) is 1. The van der Waals surface area contributed by atoms with Gasteiger partial charge in [-0.05, 0) is 51.0 Å². The van der Waals surface area contributed by atoms with Crippen LogP contribution in [0, 0.1) is 6.92 Å². The summed E-state index contributed by atoms with van der Waals surface area (Å²) in [6.45, 7) is 10.6. The first-order chi connectivity index (χ1) is 13.4. The van der Waals surface area contributed by atoms with Gasteiger partial charge in [-0.3, -0.25) is 4.79 Å². The summed E-state index contributed by atoms with van der Waals surface area (Å²) in [4.78, 5) is 25.7. The molecule has 2 N–H and O–H groups in total. The predicted molar refractivity (Wildman–Crippen MR) is 119 cm³/mol. The lowest BCUT2D eigenvalue weighted by Gasteiger charge is -2.32. The number of nitrogens with one attached hydrogen (secondary N) is 1. The number of carboxylic acids is 1. The van der Waals surface area contributed by atoms with Crippen molar-refractivity contribution in [1.29, 1.82) is 0 Å². The molecule has 0 aliphatic carbocycles. The van der Waals surface area contributed by atoms with E-state index < -0.39 is 23.1 Å². The first kappa shape index (κ1) is 25.4. The second-order valence-corrected chi connectivity index (χ2v) is 9.11. The molecule has 0 aromatic heterocycles. The van der Waals surface area contributed by atoms with Crippen molar-refractivity contribution < 1.29 is 19.4 Å². The van der Waals surface area contributed by atoms with Gasteiger partial charge in [0.15, 0.2) is 0 Å². The number of alkyl carbamates (subject to hydrolysis) is 1. The molecule has 1 aromatic carbocycles. The zero-order valence-electron chi connectivity index (χ0n) is 17.8. The number of anilines is 1. The van der Waals surface area contributed by atoms with Crippen LogP contribution in [0.2, 0.25) is 0 Å². The Bertz CT molecular complexity index is 700. The van der Waals surface area contributed by atoms with Crippen LogP contribution in [0.25, 0.3) is 0 Å². The summed E-state index contributed by atoms with van der Waals surface area (Å²) < 4.78 is 5.28. The molecule has 1 amide bonds. The van der Waals surface area contributed by atoms with Gasteiger partial charge in [0.05, 0.1) is 6.42 Å². The molecule has 164 valence electrons. The largest absolute Gasteiger partial charge is 0.481 e. The van der Waals surface area contributed by atoms with Crippen molar-refractivity contribution in [1.82, 2.24) is 5.32 Å². The van der Waals surface area contributed by atoms with Gasteiger partial charge in [-0.2, -0.15) is 0 Å². The summed E-state index contributed by atoms with van der Waals surface area (Å²) in [7, 11) is 0. The number of benzene rings is 1. The van der Waals surface area contributed by atoms with E-state index in [9.17, 15) is 14.7 Å². The Hall–Kier alpha value is -1.66. The minimum absolute atomic E-state index is 0.129. The maximum absolute atomic E-state index is 12.1. The van der Waals surface area contributed by atoms with Crippen molar-refractivity contribution in [2.45, 2.75) is 52.1 Å². The fourth-order valence-corrected chi connectivity index (χ4v) is 3.67. The summed E-state index contributed by atoms with van der Waals surface area (Å²) in [5.41, 5.74) is 1.35. The van der Waals surface area contributed by atoms with E-state index in [1.807, 2.05) is 32.0 Å². The molecule has 8 heteroatoms. The summed E-state index contributed by atoms with van der Waals surface area (Å²) in [5.74, 6) is 0.0236. The highest BCUT2D eigenvalue weighted by atomic mass is 35.5. The van der Waals surface area contributed by atoms with Crippen LogP contribution in [0.1, 0.15) is 45.2 Å². The van der Waals surface area contributed by atoms with Crippen molar-refractivity contribution in [3.63, 3.8) is 0 Å². The topological polar surface area (TPSA) is 78.9 Å². The van der Waals surface area contributed by atoms with Crippen LogP contribution in [0.4, 0.5) is 10.5 Å². The molecular weight excluding hydrogens is 415 g/mol. The molecule has 1 atom stereocenters. The van der Waals surface area contributed by atoms with E-state index in [1.165, 1.54) is 0 Å². The zero-order chi connectivity index (χ0) is 22.2. The third-order valence-electron chi connectivity index (χ3n) is 4.50. The highest BCUT2D eigenvalue weighted by molar-refractivity contribution is 6.18.